The fourth-order valence-electron chi connectivity index (χ4n) is 4.29. The minimum Gasteiger partial charge on any atom is -0.391 e. The number of aromatic nitrogens is 1. The molecule has 0 radical (unpaired) electrons. The Morgan fingerprint density at radius 1 is 1.24 bits per heavy atom. The number of nitrogens with zero attached hydrogens (tertiary/aromatic N) is 3. The molecule has 2 N–H and O–H groups in total. The van der Waals surface area contributed by atoms with Crippen LogP contribution in [-0.2, 0) is 27.3 Å². The van der Waals surface area contributed by atoms with Crippen molar-refractivity contribution >= 4 is 17.6 Å². The van der Waals surface area contributed by atoms with E-state index in [2.05, 4.69) is 15.2 Å². The molecule has 176 valence electrons. The Labute approximate surface area is 192 Å². The Hall–Kier alpha value is -3.04. The van der Waals surface area contributed by atoms with Gasteiger partial charge in [-0.2, -0.15) is 0 Å². The van der Waals surface area contributed by atoms with Gasteiger partial charge < -0.3 is 25.0 Å². The summed E-state index contributed by atoms with van der Waals surface area (Å²) >= 11 is 0. The maximum Gasteiger partial charge on any atom is 0.243 e. The lowest BCUT2D eigenvalue weighted by atomic mass is 10.1. The topological polar surface area (TPSA) is 95.0 Å². The molecule has 9 heteroatoms. The van der Waals surface area contributed by atoms with Gasteiger partial charge >= 0.3 is 0 Å². The molecule has 3 unspecified atom stereocenters. The fraction of sp³-hybridized carbons (Fsp3) is 0.458. The molecule has 3 atom stereocenters. The minimum atomic E-state index is -0.790. The fourth-order valence-corrected chi connectivity index (χ4v) is 4.29. The van der Waals surface area contributed by atoms with E-state index in [1.54, 1.807) is 24.4 Å². The van der Waals surface area contributed by atoms with Crippen molar-refractivity contribution < 1.29 is 23.8 Å². The van der Waals surface area contributed by atoms with Crippen LogP contribution in [0.1, 0.15) is 24.5 Å². The van der Waals surface area contributed by atoms with E-state index in [-0.39, 0.29) is 49.4 Å². The maximum absolute atomic E-state index is 13.9. The zero-order valence-electron chi connectivity index (χ0n) is 18.6. The molecule has 2 aromatic rings. The Morgan fingerprint density at radius 3 is 2.79 bits per heavy atom. The number of halogens is 1. The number of amides is 2. The normalized spacial score (nSPS) is 22.9. The van der Waals surface area contributed by atoms with Crippen molar-refractivity contribution in [1.29, 1.82) is 0 Å². The lowest BCUT2D eigenvalue weighted by Gasteiger charge is -2.32. The Balaban J connectivity index is 1.34. The lowest BCUT2D eigenvalue weighted by molar-refractivity contribution is -0.138. The van der Waals surface area contributed by atoms with Crippen LogP contribution in [0.15, 0.2) is 42.6 Å². The summed E-state index contributed by atoms with van der Waals surface area (Å²) in [6.45, 7) is 4.57. The largest absolute Gasteiger partial charge is 0.391 e. The first kappa shape index (κ1) is 23.1. The molecule has 33 heavy (non-hydrogen) atoms. The molecule has 0 aliphatic carbocycles. The highest BCUT2D eigenvalue weighted by Crippen LogP contribution is 2.21. The molecule has 2 fully saturated rings. The summed E-state index contributed by atoms with van der Waals surface area (Å²) in [5.41, 5.74) is 1.10. The van der Waals surface area contributed by atoms with Gasteiger partial charge in [0.2, 0.25) is 11.8 Å². The minimum absolute atomic E-state index is 0.0552. The highest BCUT2D eigenvalue weighted by atomic mass is 19.1. The second-order valence-corrected chi connectivity index (χ2v) is 8.59. The van der Waals surface area contributed by atoms with E-state index in [1.165, 1.54) is 11.0 Å². The van der Waals surface area contributed by atoms with Gasteiger partial charge in [0.15, 0.2) is 0 Å². The number of aliphatic hydroxyl groups excluding tert-OH is 1. The molecule has 2 aliphatic rings. The summed E-state index contributed by atoms with van der Waals surface area (Å²) in [4.78, 5) is 33.6. The number of morpholine rings is 1. The van der Waals surface area contributed by atoms with Crippen molar-refractivity contribution in [3.8, 4) is 0 Å². The molecular weight excluding hydrogens is 427 g/mol. The van der Waals surface area contributed by atoms with Crippen molar-refractivity contribution in [2.45, 2.75) is 44.6 Å². The number of anilines is 1. The number of hydrogen-bond donors (Lipinski definition) is 2. The van der Waals surface area contributed by atoms with Gasteiger partial charge in [0.25, 0.3) is 0 Å². The molecule has 2 amide bonds. The molecule has 0 spiro atoms. The zero-order valence-corrected chi connectivity index (χ0v) is 18.6. The smallest absolute Gasteiger partial charge is 0.243 e. The standard InChI is InChI=1S/C24H29FN4O4/c1-16-14-28(8-9-33-16)22-7-6-17(12-26-22)13-27-24(32)21-11-19(30)15-29(21)23(31)10-18-4-2-3-5-20(18)25/h2-7,12,16,19,21,30H,8-11,13-15H2,1H3,(H,27,32). The van der Waals surface area contributed by atoms with Crippen LogP contribution in [-0.4, -0.2) is 71.3 Å². The number of ether oxygens (including phenoxy) is 1. The van der Waals surface area contributed by atoms with Crippen LogP contribution in [0, 0.1) is 5.82 Å². The quantitative estimate of drug-likeness (QED) is 0.680. The molecular formula is C24H29FN4O4. The van der Waals surface area contributed by atoms with Gasteiger partial charge in [-0.3, -0.25) is 9.59 Å². The molecule has 3 heterocycles. The van der Waals surface area contributed by atoms with E-state index < -0.39 is 18.0 Å². The second kappa shape index (κ2) is 10.3. The van der Waals surface area contributed by atoms with Gasteiger partial charge in [0.1, 0.15) is 17.7 Å². The van der Waals surface area contributed by atoms with Crippen LogP contribution in [0.25, 0.3) is 0 Å². The number of nitrogens with one attached hydrogen (secondary N) is 1. The van der Waals surface area contributed by atoms with Crippen LogP contribution in [0.3, 0.4) is 0 Å². The average molecular weight is 457 g/mol. The van der Waals surface area contributed by atoms with Crippen molar-refractivity contribution in [1.82, 2.24) is 15.2 Å². The van der Waals surface area contributed by atoms with Crippen molar-refractivity contribution in [3.63, 3.8) is 0 Å². The van der Waals surface area contributed by atoms with E-state index in [4.69, 9.17) is 4.74 Å². The van der Waals surface area contributed by atoms with Crippen LogP contribution in [0.5, 0.6) is 0 Å². The summed E-state index contributed by atoms with van der Waals surface area (Å²) in [5.74, 6) is -0.333. The molecule has 2 saturated heterocycles. The number of carbonyl (C=O) groups is 2. The molecule has 2 aliphatic heterocycles. The SMILES string of the molecule is CC1CN(c2ccc(CNC(=O)C3CC(O)CN3C(=O)Cc3ccccc3F)cn2)CCO1. The number of likely N-dealkylation sites (tertiary alicyclic amines) is 1. The molecule has 1 aromatic carbocycles. The van der Waals surface area contributed by atoms with Crippen LogP contribution in [0.2, 0.25) is 0 Å². The number of aliphatic hydroxyl groups is 1. The third kappa shape index (κ3) is 5.66. The van der Waals surface area contributed by atoms with Gasteiger partial charge in [-0.15, -0.1) is 0 Å². The number of benzene rings is 1. The first-order valence-electron chi connectivity index (χ1n) is 11.2. The van der Waals surface area contributed by atoms with Crippen LogP contribution < -0.4 is 10.2 Å². The lowest BCUT2D eigenvalue weighted by Crippen LogP contribution is -2.46. The molecule has 0 saturated carbocycles. The van der Waals surface area contributed by atoms with E-state index in [0.29, 0.717) is 6.61 Å². The Morgan fingerprint density at radius 2 is 2.06 bits per heavy atom. The summed E-state index contributed by atoms with van der Waals surface area (Å²) in [6.07, 6.45) is 1.09. The number of carbonyl (C=O) groups excluding carboxylic acids is 2. The van der Waals surface area contributed by atoms with E-state index in [1.807, 2.05) is 19.1 Å². The number of hydrogen-bond acceptors (Lipinski definition) is 6. The monoisotopic (exact) mass is 456 g/mol. The molecule has 4 rings (SSSR count). The van der Waals surface area contributed by atoms with Gasteiger partial charge in [-0.25, -0.2) is 9.37 Å². The average Bonchev–Trinajstić information content (AvgIpc) is 3.21. The number of pyridine rings is 1. The van der Waals surface area contributed by atoms with E-state index in [9.17, 15) is 19.1 Å². The van der Waals surface area contributed by atoms with E-state index >= 15 is 0 Å². The highest BCUT2D eigenvalue weighted by molar-refractivity contribution is 5.89. The van der Waals surface area contributed by atoms with Gasteiger partial charge in [0, 0.05) is 38.8 Å². The number of β-amino-alcohol motifs (C(OH)–C–C–N with tert-alkyl or cyclic N) is 1. The maximum atomic E-state index is 13.9. The summed E-state index contributed by atoms with van der Waals surface area (Å²) in [5, 5.41) is 12.9. The molecule has 1 aromatic heterocycles. The second-order valence-electron chi connectivity index (χ2n) is 8.59. The third-order valence-corrected chi connectivity index (χ3v) is 6.04. The summed E-state index contributed by atoms with van der Waals surface area (Å²) in [7, 11) is 0. The molecule has 8 nitrogen and oxygen atoms in total. The van der Waals surface area contributed by atoms with Gasteiger partial charge in [0.05, 0.1) is 25.2 Å². The van der Waals surface area contributed by atoms with Gasteiger partial charge in [-0.05, 0) is 30.2 Å². The Bertz CT molecular complexity index is 987. The van der Waals surface area contributed by atoms with Crippen LogP contribution >= 0.6 is 0 Å². The van der Waals surface area contributed by atoms with Crippen molar-refractivity contribution in [3.05, 3.63) is 59.5 Å². The summed E-state index contributed by atoms with van der Waals surface area (Å²) < 4.78 is 19.5. The zero-order chi connectivity index (χ0) is 23.4. The van der Waals surface area contributed by atoms with Crippen molar-refractivity contribution in [2.24, 2.45) is 0 Å². The number of rotatable bonds is 6. The first-order valence-corrected chi connectivity index (χ1v) is 11.2. The van der Waals surface area contributed by atoms with Crippen LogP contribution in [0.4, 0.5) is 10.2 Å². The highest BCUT2D eigenvalue weighted by Gasteiger charge is 2.38. The molecule has 0 bridgehead atoms. The first-order chi connectivity index (χ1) is 15.9. The van der Waals surface area contributed by atoms with Crippen molar-refractivity contribution in [2.75, 3.05) is 31.1 Å². The van der Waals surface area contributed by atoms with Gasteiger partial charge in [-0.1, -0.05) is 24.3 Å². The summed E-state index contributed by atoms with van der Waals surface area (Å²) in [6, 6.07) is 9.10. The van der Waals surface area contributed by atoms with E-state index in [0.717, 1.165) is 24.5 Å². The third-order valence-electron chi connectivity index (χ3n) is 6.04. The Kier molecular flexibility index (Phi) is 7.20. The predicted octanol–water partition coefficient (Wildman–Crippen LogP) is 1.27. The predicted molar refractivity (Wildman–Crippen MR) is 120 cm³/mol.